The summed E-state index contributed by atoms with van der Waals surface area (Å²) in [6, 6.07) is 5.38. The van der Waals surface area contributed by atoms with Crippen LogP contribution in [0.3, 0.4) is 0 Å². The second-order valence-electron chi connectivity index (χ2n) is 4.91. The molecule has 2 rings (SSSR count). The van der Waals surface area contributed by atoms with E-state index >= 15 is 0 Å². The van der Waals surface area contributed by atoms with Crippen molar-refractivity contribution in [1.29, 1.82) is 0 Å². The van der Waals surface area contributed by atoms with Gasteiger partial charge in [0, 0.05) is 16.2 Å². The third-order valence-electron chi connectivity index (χ3n) is 3.65. The lowest BCUT2D eigenvalue weighted by atomic mass is 9.84. The Kier molecular flexibility index (Phi) is 4.43. The van der Waals surface area contributed by atoms with Crippen LogP contribution in [0.5, 0.6) is 0 Å². The first-order valence-corrected chi connectivity index (χ1v) is 7.20. The molecule has 0 spiro atoms. The average Bonchev–Trinajstić information content (AvgIpc) is 2.33. The molecule has 17 heavy (non-hydrogen) atoms. The molecule has 1 aliphatic carbocycles. The van der Waals surface area contributed by atoms with E-state index in [-0.39, 0.29) is 5.82 Å². The van der Waals surface area contributed by atoms with Crippen molar-refractivity contribution in [3.63, 3.8) is 0 Å². The monoisotopic (exact) mass is 299 g/mol. The van der Waals surface area contributed by atoms with Crippen LogP contribution in [0.4, 0.5) is 10.1 Å². The molecule has 0 bridgehead atoms. The molecule has 1 nitrogen and oxygen atoms in total. The summed E-state index contributed by atoms with van der Waals surface area (Å²) in [5, 5.41) is 3.53. The summed E-state index contributed by atoms with van der Waals surface area (Å²) in [7, 11) is 0. The molecular weight excluding hydrogens is 281 g/mol. The van der Waals surface area contributed by atoms with Crippen LogP contribution in [0.1, 0.15) is 39.0 Å². The Hall–Kier alpha value is -0.570. The Morgan fingerprint density at radius 2 is 2.24 bits per heavy atom. The van der Waals surface area contributed by atoms with E-state index < -0.39 is 0 Å². The molecule has 1 aromatic carbocycles. The van der Waals surface area contributed by atoms with E-state index in [0.29, 0.717) is 6.04 Å². The van der Waals surface area contributed by atoms with Crippen LogP contribution in [0, 0.1) is 11.7 Å². The second-order valence-corrected chi connectivity index (χ2v) is 5.76. The van der Waals surface area contributed by atoms with Gasteiger partial charge >= 0.3 is 0 Å². The number of nitrogens with one attached hydrogen (secondary N) is 1. The molecular formula is C14H19BrFN. The lowest BCUT2D eigenvalue weighted by Crippen LogP contribution is -2.27. The van der Waals surface area contributed by atoms with Crippen molar-refractivity contribution >= 4 is 21.6 Å². The highest BCUT2D eigenvalue weighted by Crippen LogP contribution is 2.31. The van der Waals surface area contributed by atoms with Crippen molar-refractivity contribution in [1.82, 2.24) is 0 Å². The first-order valence-electron chi connectivity index (χ1n) is 6.40. The van der Waals surface area contributed by atoms with Crippen molar-refractivity contribution < 1.29 is 4.39 Å². The van der Waals surface area contributed by atoms with Gasteiger partial charge < -0.3 is 5.32 Å². The molecule has 1 aromatic rings. The number of hydrogen-bond acceptors (Lipinski definition) is 1. The zero-order valence-corrected chi connectivity index (χ0v) is 11.8. The van der Waals surface area contributed by atoms with E-state index in [0.717, 1.165) is 16.1 Å². The molecule has 0 heterocycles. The summed E-state index contributed by atoms with van der Waals surface area (Å²) < 4.78 is 13.8. The smallest absolute Gasteiger partial charge is 0.124 e. The molecule has 0 saturated heterocycles. The number of benzene rings is 1. The third kappa shape index (κ3) is 3.44. The Morgan fingerprint density at radius 3 is 2.94 bits per heavy atom. The predicted octanol–water partition coefficient (Wildman–Crippen LogP) is 4.97. The summed E-state index contributed by atoms with van der Waals surface area (Å²) in [6.45, 7) is 2.26. The first-order chi connectivity index (χ1) is 8.19. The van der Waals surface area contributed by atoms with Crippen molar-refractivity contribution in [2.45, 2.75) is 45.1 Å². The minimum atomic E-state index is -0.197. The van der Waals surface area contributed by atoms with Gasteiger partial charge in [-0.1, -0.05) is 26.2 Å². The highest BCUT2D eigenvalue weighted by molar-refractivity contribution is 9.10. The van der Waals surface area contributed by atoms with Gasteiger partial charge in [-0.2, -0.15) is 0 Å². The van der Waals surface area contributed by atoms with Gasteiger partial charge in [-0.05, 0) is 52.9 Å². The zero-order chi connectivity index (χ0) is 12.3. The van der Waals surface area contributed by atoms with Crippen molar-refractivity contribution in [2.75, 3.05) is 5.32 Å². The molecule has 1 N–H and O–H groups in total. The number of rotatable bonds is 3. The molecule has 2 unspecified atom stereocenters. The van der Waals surface area contributed by atoms with Gasteiger partial charge in [0.2, 0.25) is 0 Å². The van der Waals surface area contributed by atoms with E-state index in [1.807, 2.05) is 6.07 Å². The van der Waals surface area contributed by atoms with Crippen LogP contribution in [0.25, 0.3) is 0 Å². The van der Waals surface area contributed by atoms with Crippen LogP contribution in [0.2, 0.25) is 0 Å². The van der Waals surface area contributed by atoms with Gasteiger partial charge in [0.1, 0.15) is 5.82 Å². The van der Waals surface area contributed by atoms with E-state index in [1.54, 1.807) is 0 Å². The Morgan fingerprint density at radius 1 is 1.41 bits per heavy atom. The summed E-state index contributed by atoms with van der Waals surface area (Å²) in [5.41, 5.74) is 1.01. The molecule has 1 fully saturated rings. The van der Waals surface area contributed by atoms with Crippen LogP contribution in [0.15, 0.2) is 22.7 Å². The van der Waals surface area contributed by atoms with Crippen LogP contribution in [-0.2, 0) is 0 Å². The summed E-state index contributed by atoms with van der Waals surface area (Å²) >= 11 is 3.40. The van der Waals surface area contributed by atoms with Gasteiger partial charge in [0.05, 0.1) is 0 Å². The molecule has 0 radical (unpaired) electrons. The maximum atomic E-state index is 13.0. The Balaban J connectivity index is 2.00. The number of halogens is 2. The standard InChI is InChI=1S/C14H19BrFN/c1-2-10-4-3-5-12(8-10)17-14-7-6-11(16)9-13(14)15/h6-7,9-10,12,17H,2-5,8H2,1H3. The van der Waals surface area contributed by atoms with Gasteiger partial charge in [0.15, 0.2) is 0 Å². The highest BCUT2D eigenvalue weighted by atomic mass is 79.9. The van der Waals surface area contributed by atoms with Crippen molar-refractivity contribution in [2.24, 2.45) is 5.92 Å². The van der Waals surface area contributed by atoms with Gasteiger partial charge in [-0.25, -0.2) is 4.39 Å². The van der Waals surface area contributed by atoms with Crippen molar-refractivity contribution in [3.8, 4) is 0 Å². The van der Waals surface area contributed by atoms with Gasteiger partial charge in [0.25, 0.3) is 0 Å². The fourth-order valence-electron chi connectivity index (χ4n) is 2.62. The summed E-state index contributed by atoms with van der Waals surface area (Å²) in [6.07, 6.45) is 6.39. The molecule has 3 heteroatoms. The summed E-state index contributed by atoms with van der Waals surface area (Å²) in [5.74, 6) is 0.651. The minimum Gasteiger partial charge on any atom is -0.381 e. The lowest BCUT2D eigenvalue weighted by Gasteiger charge is -2.30. The van der Waals surface area contributed by atoms with Gasteiger partial charge in [-0.15, -0.1) is 0 Å². The van der Waals surface area contributed by atoms with E-state index in [1.165, 1.54) is 44.2 Å². The second kappa shape index (κ2) is 5.85. The molecule has 94 valence electrons. The highest BCUT2D eigenvalue weighted by Gasteiger charge is 2.20. The number of anilines is 1. The maximum absolute atomic E-state index is 13.0. The largest absolute Gasteiger partial charge is 0.381 e. The zero-order valence-electron chi connectivity index (χ0n) is 10.2. The quantitative estimate of drug-likeness (QED) is 0.831. The van der Waals surface area contributed by atoms with Crippen LogP contribution < -0.4 is 5.32 Å². The summed E-state index contributed by atoms with van der Waals surface area (Å²) in [4.78, 5) is 0. The topological polar surface area (TPSA) is 12.0 Å². The van der Waals surface area contributed by atoms with Crippen LogP contribution in [-0.4, -0.2) is 6.04 Å². The fourth-order valence-corrected chi connectivity index (χ4v) is 3.08. The lowest BCUT2D eigenvalue weighted by molar-refractivity contribution is 0.327. The van der Waals surface area contributed by atoms with Crippen molar-refractivity contribution in [3.05, 3.63) is 28.5 Å². The van der Waals surface area contributed by atoms with E-state index in [2.05, 4.69) is 28.2 Å². The Labute approximate surface area is 111 Å². The van der Waals surface area contributed by atoms with E-state index in [9.17, 15) is 4.39 Å². The SMILES string of the molecule is CCC1CCCC(Nc2ccc(F)cc2Br)C1. The van der Waals surface area contributed by atoms with Gasteiger partial charge in [-0.3, -0.25) is 0 Å². The molecule has 0 amide bonds. The normalized spacial score (nSPS) is 24.6. The molecule has 1 aliphatic rings. The average molecular weight is 300 g/mol. The molecule has 2 atom stereocenters. The molecule has 0 aromatic heterocycles. The first kappa shape index (κ1) is 12.9. The number of hydrogen-bond donors (Lipinski definition) is 1. The third-order valence-corrected chi connectivity index (χ3v) is 4.31. The minimum absolute atomic E-state index is 0.197. The Bertz CT molecular complexity index is 380. The predicted molar refractivity (Wildman–Crippen MR) is 73.8 cm³/mol. The maximum Gasteiger partial charge on any atom is 0.124 e. The fraction of sp³-hybridized carbons (Fsp3) is 0.571. The molecule has 1 saturated carbocycles. The van der Waals surface area contributed by atoms with E-state index in [4.69, 9.17) is 0 Å². The van der Waals surface area contributed by atoms with Crippen LogP contribution >= 0.6 is 15.9 Å². The molecule has 0 aliphatic heterocycles.